The van der Waals surface area contributed by atoms with Gasteiger partial charge in [-0.2, -0.15) is 0 Å². The average molecular weight is 386 g/mol. The van der Waals surface area contributed by atoms with Gasteiger partial charge >= 0.3 is 6.09 Å². The molecule has 0 aromatic carbocycles. The second-order valence-corrected chi connectivity index (χ2v) is 13.7. The SMILES string of the molecule is C/C=C/[C@H](O)[C@@](C)(O[Si](C)(C)C(C)(C)C)C(=O)N1C(=O)OC[C@@H]1C(C)C. The van der Waals surface area contributed by atoms with Gasteiger partial charge in [-0.3, -0.25) is 4.79 Å². The third-order valence-corrected chi connectivity index (χ3v) is 10.1. The molecule has 1 aliphatic rings. The Morgan fingerprint density at radius 2 is 1.88 bits per heavy atom. The first-order valence-corrected chi connectivity index (χ1v) is 12.1. The molecule has 0 saturated carbocycles. The normalized spacial score (nSPS) is 22.7. The lowest BCUT2D eigenvalue weighted by atomic mass is 9.94. The van der Waals surface area contributed by atoms with Crippen molar-refractivity contribution in [3.8, 4) is 0 Å². The van der Waals surface area contributed by atoms with E-state index in [2.05, 4.69) is 20.8 Å². The lowest BCUT2D eigenvalue weighted by Crippen LogP contribution is -2.62. The number of cyclic esters (lactones) is 1. The van der Waals surface area contributed by atoms with Crippen LogP contribution >= 0.6 is 0 Å². The van der Waals surface area contributed by atoms with Gasteiger partial charge in [-0.1, -0.05) is 46.8 Å². The van der Waals surface area contributed by atoms with Gasteiger partial charge in [-0.15, -0.1) is 0 Å². The Morgan fingerprint density at radius 1 is 1.35 bits per heavy atom. The smallest absolute Gasteiger partial charge is 0.417 e. The van der Waals surface area contributed by atoms with Gasteiger partial charge < -0.3 is 14.3 Å². The highest BCUT2D eigenvalue weighted by Gasteiger charge is 2.54. The van der Waals surface area contributed by atoms with Crippen LogP contribution in [0.25, 0.3) is 0 Å². The molecule has 0 aromatic rings. The van der Waals surface area contributed by atoms with Crippen molar-refractivity contribution in [1.82, 2.24) is 4.90 Å². The Kier molecular flexibility index (Phi) is 6.88. The second-order valence-electron chi connectivity index (χ2n) is 9.00. The maximum atomic E-state index is 13.4. The number of nitrogens with zero attached hydrogens (tertiary/aromatic N) is 1. The summed E-state index contributed by atoms with van der Waals surface area (Å²) in [6.07, 6.45) is 1.35. The molecule has 0 radical (unpaired) electrons. The van der Waals surface area contributed by atoms with Crippen LogP contribution in [-0.2, 0) is 14.0 Å². The monoisotopic (exact) mass is 385 g/mol. The molecule has 6 nitrogen and oxygen atoms in total. The quantitative estimate of drug-likeness (QED) is 0.557. The molecular formula is C19H35NO5Si. The van der Waals surface area contributed by atoms with E-state index in [-0.39, 0.29) is 23.6 Å². The van der Waals surface area contributed by atoms with Crippen LogP contribution in [-0.4, -0.2) is 54.7 Å². The molecule has 3 atom stereocenters. The van der Waals surface area contributed by atoms with Gasteiger partial charge in [-0.05, 0) is 37.9 Å². The third-order valence-electron chi connectivity index (χ3n) is 5.53. The molecule has 0 aromatic heterocycles. The fraction of sp³-hybridized carbons (Fsp3) is 0.789. The Hall–Kier alpha value is -1.18. The number of carbonyl (C=O) groups excluding carboxylic acids is 2. The first-order valence-electron chi connectivity index (χ1n) is 9.20. The van der Waals surface area contributed by atoms with Gasteiger partial charge in [-0.25, -0.2) is 9.69 Å². The molecule has 0 unspecified atom stereocenters. The summed E-state index contributed by atoms with van der Waals surface area (Å²) in [6, 6.07) is -0.366. The minimum absolute atomic E-state index is 0.0429. The van der Waals surface area contributed by atoms with Crippen molar-refractivity contribution in [3.63, 3.8) is 0 Å². The predicted octanol–water partition coefficient (Wildman–Crippen LogP) is 3.71. The van der Waals surface area contributed by atoms with E-state index in [4.69, 9.17) is 9.16 Å². The van der Waals surface area contributed by atoms with Crippen LogP contribution in [0.2, 0.25) is 18.1 Å². The Balaban J connectivity index is 3.37. The fourth-order valence-electron chi connectivity index (χ4n) is 2.68. The van der Waals surface area contributed by atoms with Gasteiger partial charge in [0.2, 0.25) is 0 Å². The van der Waals surface area contributed by atoms with Crippen molar-refractivity contribution in [2.45, 2.75) is 84.3 Å². The zero-order chi connectivity index (χ0) is 20.5. The summed E-state index contributed by atoms with van der Waals surface area (Å²) < 4.78 is 11.5. The van der Waals surface area contributed by atoms with Crippen molar-refractivity contribution in [2.75, 3.05) is 6.61 Å². The number of aliphatic hydroxyl groups excluding tert-OH is 1. The van der Waals surface area contributed by atoms with Crippen LogP contribution in [0.4, 0.5) is 4.79 Å². The summed E-state index contributed by atoms with van der Waals surface area (Å²) in [4.78, 5) is 26.8. The van der Waals surface area contributed by atoms with Crippen molar-refractivity contribution in [3.05, 3.63) is 12.2 Å². The van der Waals surface area contributed by atoms with Gasteiger partial charge in [0.15, 0.2) is 13.9 Å². The van der Waals surface area contributed by atoms with Crippen LogP contribution in [0.3, 0.4) is 0 Å². The molecule has 1 heterocycles. The van der Waals surface area contributed by atoms with Crippen LogP contribution in [0.5, 0.6) is 0 Å². The van der Waals surface area contributed by atoms with E-state index in [9.17, 15) is 14.7 Å². The van der Waals surface area contributed by atoms with Crippen molar-refractivity contribution in [1.29, 1.82) is 0 Å². The van der Waals surface area contributed by atoms with E-state index in [1.165, 1.54) is 6.08 Å². The van der Waals surface area contributed by atoms with E-state index in [0.29, 0.717) is 0 Å². The lowest BCUT2D eigenvalue weighted by molar-refractivity contribution is -0.154. The molecule has 2 amide bonds. The number of hydrogen-bond acceptors (Lipinski definition) is 5. The lowest BCUT2D eigenvalue weighted by Gasteiger charge is -2.45. The molecule has 26 heavy (non-hydrogen) atoms. The Morgan fingerprint density at radius 3 is 2.31 bits per heavy atom. The summed E-state index contributed by atoms with van der Waals surface area (Å²) in [7, 11) is -2.41. The van der Waals surface area contributed by atoms with Crippen molar-refractivity contribution in [2.24, 2.45) is 5.92 Å². The summed E-state index contributed by atoms with van der Waals surface area (Å²) >= 11 is 0. The number of allylic oxidation sites excluding steroid dienone is 1. The largest absolute Gasteiger partial charge is 0.447 e. The highest BCUT2D eigenvalue weighted by atomic mass is 28.4. The topological polar surface area (TPSA) is 76.1 Å². The zero-order valence-corrected chi connectivity index (χ0v) is 18.6. The maximum absolute atomic E-state index is 13.4. The van der Waals surface area contributed by atoms with Crippen LogP contribution in [0.15, 0.2) is 12.2 Å². The number of carbonyl (C=O) groups is 2. The first-order chi connectivity index (χ1) is 11.7. The highest BCUT2D eigenvalue weighted by molar-refractivity contribution is 6.74. The number of aliphatic hydroxyl groups is 1. The molecule has 150 valence electrons. The maximum Gasteiger partial charge on any atom is 0.417 e. The van der Waals surface area contributed by atoms with E-state index in [1.54, 1.807) is 19.9 Å². The van der Waals surface area contributed by atoms with Crippen LogP contribution < -0.4 is 0 Å². The Bertz CT molecular complexity index is 567. The third kappa shape index (κ3) is 4.38. The van der Waals surface area contributed by atoms with Gasteiger partial charge in [0.05, 0.1) is 6.04 Å². The van der Waals surface area contributed by atoms with E-state index in [1.807, 2.05) is 26.9 Å². The van der Waals surface area contributed by atoms with Crippen molar-refractivity contribution >= 4 is 20.3 Å². The number of imide groups is 1. The first kappa shape index (κ1) is 22.9. The van der Waals surface area contributed by atoms with Gasteiger partial charge in [0.25, 0.3) is 5.91 Å². The summed E-state index contributed by atoms with van der Waals surface area (Å²) in [6.45, 7) is 17.6. The number of ether oxygens (including phenoxy) is 1. The molecule has 1 saturated heterocycles. The zero-order valence-electron chi connectivity index (χ0n) is 17.6. The average Bonchev–Trinajstić information content (AvgIpc) is 2.86. The van der Waals surface area contributed by atoms with E-state index in [0.717, 1.165) is 4.90 Å². The predicted molar refractivity (Wildman–Crippen MR) is 104 cm³/mol. The van der Waals surface area contributed by atoms with Gasteiger partial charge in [0, 0.05) is 0 Å². The molecular weight excluding hydrogens is 350 g/mol. The molecule has 1 aliphatic heterocycles. The summed E-state index contributed by atoms with van der Waals surface area (Å²) in [5, 5.41) is 10.6. The highest BCUT2D eigenvalue weighted by Crippen LogP contribution is 2.41. The van der Waals surface area contributed by atoms with Crippen LogP contribution in [0.1, 0.15) is 48.5 Å². The van der Waals surface area contributed by atoms with Crippen molar-refractivity contribution < 1.29 is 23.9 Å². The fourth-order valence-corrected chi connectivity index (χ4v) is 4.25. The molecule has 0 aliphatic carbocycles. The van der Waals surface area contributed by atoms with E-state index < -0.39 is 32.0 Å². The Labute approximate surface area is 158 Å². The molecule has 0 spiro atoms. The van der Waals surface area contributed by atoms with E-state index >= 15 is 0 Å². The number of rotatable bonds is 6. The number of amides is 2. The second kappa shape index (κ2) is 7.82. The molecule has 1 rings (SSSR count). The van der Waals surface area contributed by atoms with Gasteiger partial charge in [0.1, 0.15) is 12.7 Å². The minimum Gasteiger partial charge on any atom is -0.447 e. The summed E-state index contributed by atoms with van der Waals surface area (Å²) in [5.74, 6) is -0.504. The standard InChI is InChI=1S/C19H35NO5Si/c1-10-11-15(21)19(7,25-26(8,9)18(4,5)6)16(22)20-14(13(2)3)12-24-17(20)23/h10-11,13-15,21H,12H2,1-9H3/b11-10+/t14-,15+,19-/m1/s1. The molecule has 0 bridgehead atoms. The van der Waals surface area contributed by atoms with Crippen LogP contribution in [0, 0.1) is 5.92 Å². The minimum atomic E-state index is -2.41. The molecule has 1 N–H and O–H groups in total. The molecule has 7 heteroatoms. The molecule has 1 fully saturated rings. The number of hydrogen-bond donors (Lipinski definition) is 1. The summed E-state index contributed by atoms with van der Waals surface area (Å²) in [5.41, 5.74) is -1.56.